The molecule has 0 aliphatic rings. The van der Waals surface area contributed by atoms with Crippen LogP contribution in [0.25, 0.3) is 0 Å². The lowest BCUT2D eigenvalue weighted by Gasteiger charge is -2.18. The number of carboxylic acids is 1. The van der Waals surface area contributed by atoms with Crippen molar-refractivity contribution in [3.63, 3.8) is 0 Å². The summed E-state index contributed by atoms with van der Waals surface area (Å²) < 4.78 is 18.8. The summed E-state index contributed by atoms with van der Waals surface area (Å²) in [6.45, 7) is 2.15. The van der Waals surface area contributed by atoms with Crippen LogP contribution in [-0.4, -0.2) is 29.6 Å². The van der Waals surface area contributed by atoms with Gasteiger partial charge in [-0.2, -0.15) is 0 Å². The molecular weight excluding hydrogens is 325 g/mol. The normalized spacial score (nSPS) is 11.6. The van der Waals surface area contributed by atoms with E-state index in [9.17, 15) is 14.0 Å². The second-order valence-electron chi connectivity index (χ2n) is 5.55. The fraction of sp³-hybridized carbons (Fsp3) is 0.263. The molecule has 0 heterocycles. The molecule has 6 heteroatoms. The summed E-state index contributed by atoms with van der Waals surface area (Å²) in [6, 6.07) is 12.2. The van der Waals surface area contributed by atoms with E-state index in [0.29, 0.717) is 17.7 Å². The first-order valence-electron chi connectivity index (χ1n) is 7.99. The van der Waals surface area contributed by atoms with Gasteiger partial charge in [-0.15, -0.1) is 0 Å². The molecule has 0 saturated heterocycles. The zero-order chi connectivity index (χ0) is 18.2. The number of hydrogen-bond acceptors (Lipinski definition) is 3. The summed E-state index contributed by atoms with van der Waals surface area (Å²) >= 11 is 0. The second-order valence-corrected chi connectivity index (χ2v) is 5.55. The lowest BCUT2D eigenvalue weighted by molar-refractivity contribution is -0.120. The van der Waals surface area contributed by atoms with Crippen molar-refractivity contribution in [3.8, 4) is 5.75 Å². The zero-order valence-corrected chi connectivity index (χ0v) is 13.9. The van der Waals surface area contributed by atoms with Gasteiger partial charge in [0.15, 0.2) is 0 Å². The van der Waals surface area contributed by atoms with Crippen molar-refractivity contribution in [1.29, 1.82) is 0 Å². The summed E-state index contributed by atoms with van der Waals surface area (Å²) in [6.07, 6.45) is 0.293. The van der Waals surface area contributed by atoms with Crippen LogP contribution in [0.3, 0.4) is 0 Å². The summed E-state index contributed by atoms with van der Waals surface area (Å²) in [5.41, 5.74) is 0.562. The third-order valence-electron chi connectivity index (χ3n) is 3.68. The van der Waals surface area contributed by atoms with Crippen LogP contribution in [0.4, 0.5) is 4.39 Å². The number of amides is 1. The number of carbonyl (C=O) groups is 2. The Kier molecular flexibility index (Phi) is 6.51. The van der Waals surface area contributed by atoms with Gasteiger partial charge in [-0.1, -0.05) is 31.2 Å². The molecule has 2 aromatic carbocycles. The van der Waals surface area contributed by atoms with E-state index < -0.39 is 5.97 Å². The summed E-state index contributed by atoms with van der Waals surface area (Å²) in [5, 5.41) is 11.9. The summed E-state index contributed by atoms with van der Waals surface area (Å²) in [7, 11) is 0. The van der Waals surface area contributed by atoms with Crippen LogP contribution in [0.2, 0.25) is 0 Å². The number of aromatic carboxylic acids is 1. The van der Waals surface area contributed by atoms with Gasteiger partial charge in [0, 0.05) is 6.07 Å². The van der Waals surface area contributed by atoms with E-state index in [0.717, 1.165) is 0 Å². The molecule has 2 rings (SSSR count). The minimum absolute atomic E-state index is 0.0289. The van der Waals surface area contributed by atoms with Crippen molar-refractivity contribution in [1.82, 2.24) is 5.32 Å². The number of carbonyl (C=O) groups excluding carboxylic acids is 1. The minimum atomic E-state index is -1.07. The van der Waals surface area contributed by atoms with E-state index in [1.54, 1.807) is 30.3 Å². The molecule has 132 valence electrons. The van der Waals surface area contributed by atoms with E-state index in [1.165, 1.54) is 18.2 Å². The Hall–Kier alpha value is -2.89. The maximum Gasteiger partial charge on any atom is 0.335 e. The highest BCUT2D eigenvalue weighted by molar-refractivity contribution is 5.91. The topological polar surface area (TPSA) is 75.6 Å². The highest BCUT2D eigenvalue weighted by atomic mass is 19.1. The number of nitrogens with one attached hydrogen (secondary N) is 1. The van der Waals surface area contributed by atoms with E-state index in [-0.39, 0.29) is 36.4 Å². The van der Waals surface area contributed by atoms with Crippen LogP contribution in [0, 0.1) is 5.82 Å². The Morgan fingerprint density at radius 3 is 2.64 bits per heavy atom. The van der Waals surface area contributed by atoms with E-state index in [1.807, 2.05) is 6.92 Å². The highest BCUT2D eigenvalue weighted by Gasteiger charge is 2.14. The molecule has 0 aromatic heterocycles. The SMILES string of the molecule is CCC(CNC(=O)Cc1ccccc1C(=O)O)Oc1cccc(F)c1. The van der Waals surface area contributed by atoms with Crippen molar-refractivity contribution in [2.24, 2.45) is 0 Å². The first kappa shape index (κ1) is 18.4. The minimum Gasteiger partial charge on any atom is -0.489 e. The molecule has 0 radical (unpaired) electrons. The van der Waals surface area contributed by atoms with E-state index in [4.69, 9.17) is 9.84 Å². The quantitative estimate of drug-likeness (QED) is 0.771. The molecule has 5 nitrogen and oxygen atoms in total. The maximum atomic E-state index is 13.2. The van der Waals surface area contributed by atoms with Crippen LogP contribution in [0.5, 0.6) is 5.75 Å². The molecule has 2 N–H and O–H groups in total. The molecule has 0 saturated carbocycles. The summed E-state index contributed by atoms with van der Waals surface area (Å²) in [4.78, 5) is 23.3. The number of benzene rings is 2. The Balaban J connectivity index is 1.91. The van der Waals surface area contributed by atoms with Gasteiger partial charge >= 0.3 is 5.97 Å². The number of rotatable bonds is 8. The molecule has 2 aromatic rings. The second kappa shape index (κ2) is 8.82. The monoisotopic (exact) mass is 345 g/mol. The van der Waals surface area contributed by atoms with E-state index >= 15 is 0 Å². The molecule has 0 bridgehead atoms. The fourth-order valence-corrected chi connectivity index (χ4v) is 2.35. The molecule has 0 aliphatic heterocycles. The molecule has 1 atom stereocenters. The number of carboxylic acid groups (broad SMARTS) is 1. The van der Waals surface area contributed by atoms with Gasteiger partial charge in [-0.25, -0.2) is 9.18 Å². The van der Waals surface area contributed by atoms with Crippen molar-refractivity contribution >= 4 is 11.9 Å². The standard InChI is InChI=1S/C19H20FNO4/c1-2-15(25-16-8-5-7-14(20)11-16)12-21-18(22)10-13-6-3-4-9-17(13)19(23)24/h3-9,11,15H,2,10,12H2,1H3,(H,21,22)(H,23,24). The molecular formula is C19H20FNO4. The van der Waals surface area contributed by atoms with Crippen LogP contribution in [0.15, 0.2) is 48.5 Å². The van der Waals surface area contributed by atoms with E-state index in [2.05, 4.69) is 5.32 Å². The molecule has 1 unspecified atom stereocenters. The number of ether oxygens (including phenoxy) is 1. The van der Waals surface area contributed by atoms with Gasteiger partial charge in [0.05, 0.1) is 18.5 Å². The van der Waals surface area contributed by atoms with Crippen molar-refractivity contribution in [3.05, 3.63) is 65.5 Å². The van der Waals surface area contributed by atoms with Crippen molar-refractivity contribution < 1.29 is 23.8 Å². The van der Waals surface area contributed by atoms with Crippen molar-refractivity contribution in [2.45, 2.75) is 25.9 Å². The first-order valence-corrected chi connectivity index (χ1v) is 7.99. The van der Waals surface area contributed by atoms with Crippen molar-refractivity contribution in [2.75, 3.05) is 6.54 Å². The number of hydrogen-bond donors (Lipinski definition) is 2. The van der Waals surface area contributed by atoms with Crippen LogP contribution >= 0.6 is 0 Å². The Bertz CT molecular complexity index is 748. The van der Waals surface area contributed by atoms with Gasteiger partial charge in [-0.05, 0) is 30.2 Å². The van der Waals surface area contributed by atoms with Crippen LogP contribution in [0.1, 0.15) is 29.3 Å². The van der Waals surface area contributed by atoms with Crippen LogP contribution < -0.4 is 10.1 Å². The molecule has 0 spiro atoms. The molecule has 0 fully saturated rings. The largest absolute Gasteiger partial charge is 0.489 e. The fourth-order valence-electron chi connectivity index (χ4n) is 2.35. The third-order valence-corrected chi connectivity index (χ3v) is 3.68. The van der Waals surface area contributed by atoms with Gasteiger partial charge in [0.25, 0.3) is 0 Å². The summed E-state index contributed by atoms with van der Waals surface area (Å²) in [5.74, 6) is -1.35. The van der Waals surface area contributed by atoms with Gasteiger partial charge in [-0.3, -0.25) is 4.79 Å². The average molecular weight is 345 g/mol. The lowest BCUT2D eigenvalue weighted by atomic mass is 10.0. The first-order chi connectivity index (χ1) is 12.0. The maximum absolute atomic E-state index is 13.2. The Morgan fingerprint density at radius 1 is 1.20 bits per heavy atom. The van der Waals surface area contributed by atoms with Crippen LogP contribution in [-0.2, 0) is 11.2 Å². The third kappa shape index (κ3) is 5.60. The average Bonchev–Trinajstić information content (AvgIpc) is 2.59. The number of halogens is 1. The van der Waals surface area contributed by atoms with Gasteiger partial charge in [0.2, 0.25) is 5.91 Å². The predicted molar refractivity (Wildman–Crippen MR) is 91.2 cm³/mol. The highest BCUT2D eigenvalue weighted by Crippen LogP contribution is 2.15. The Labute approximate surface area is 145 Å². The molecule has 0 aliphatic carbocycles. The smallest absolute Gasteiger partial charge is 0.335 e. The zero-order valence-electron chi connectivity index (χ0n) is 13.9. The molecule has 25 heavy (non-hydrogen) atoms. The van der Waals surface area contributed by atoms with Gasteiger partial charge < -0.3 is 15.2 Å². The lowest BCUT2D eigenvalue weighted by Crippen LogP contribution is -2.36. The molecule has 1 amide bonds. The predicted octanol–water partition coefficient (Wildman–Crippen LogP) is 3.04. The Morgan fingerprint density at radius 2 is 1.96 bits per heavy atom. The van der Waals surface area contributed by atoms with Gasteiger partial charge in [0.1, 0.15) is 17.7 Å².